The van der Waals surface area contributed by atoms with Crippen LogP contribution in [0, 0.1) is 0 Å². The first-order valence-electron chi connectivity index (χ1n) is 6.53. The molecule has 0 saturated heterocycles. The van der Waals surface area contributed by atoms with Crippen LogP contribution in [0.25, 0.3) is 0 Å². The van der Waals surface area contributed by atoms with Crippen LogP contribution in [-0.2, 0) is 20.9 Å². The maximum Gasteiger partial charge on any atom is 0.254 e. The number of nitrogens with zero attached hydrogens (tertiary/aromatic N) is 1. The maximum atomic E-state index is 12.5. The first-order valence-corrected chi connectivity index (χ1v) is 6.53. The van der Waals surface area contributed by atoms with E-state index < -0.39 is 11.5 Å². The van der Waals surface area contributed by atoms with Crippen molar-refractivity contribution in [2.75, 3.05) is 13.7 Å². The zero-order valence-corrected chi connectivity index (χ0v) is 12.3. The van der Waals surface area contributed by atoms with Crippen molar-refractivity contribution in [2.24, 2.45) is 5.73 Å². The van der Waals surface area contributed by atoms with E-state index >= 15 is 0 Å². The molecule has 0 heterocycles. The van der Waals surface area contributed by atoms with Gasteiger partial charge in [-0.2, -0.15) is 0 Å². The second kappa shape index (κ2) is 7.05. The van der Waals surface area contributed by atoms with Crippen molar-refractivity contribution in [1.82, 2.24) is 4.90 Å². The highest BCUT2D eigenvalue weighted by Gasteiger charge is 2.31. The Bertz CT molecular complexity index is 457. The molecule has 0 saturated carbocycles. The molecule has 0 fully saturated rings. The molecule has 110 valence electrons. The van der Waals surface area contributed by atoms with E-state index in [1.54, 1.807) is 18.7 Å². The summed E-state index contributed by atoms with van der Waals surface area (Å²) in [6.07, 6.45) is 0.137. The van der Waals surface area contributed by atoms with E-state index in [1.165, 1.54) is 7.11 Å². The van der Waals surface area contributed by atoms with E-state index in [9.17, 15) is 9.59 Å². The van der Waals surface area contributed by atoms with Crippen LogP contribution in [0.3, 0.4) is 0 Å². The summed E-state index contributed by atoms with van der Waals surface area (Å²) in [5.41, 5.74) is 5.24. The number of hydrogen-bond donors (Lipinski definition) is 1. The molecule has 20 heavy (non-hydrogen) atoms. The molecule has 5 heteroatoms. The monoisotopic (exact) mass is 278 g/mol. The van der Waals surface area contributed by atoms with Crippen LogP contribution in [0.4, 0.5) is 0 Å². The second-order valence-electron chi connectivity index (χ2n) is 5.14. The van der Waals surface area contributed by atoms with Crippen molar-refractivity contribution in [2.45, 2.75) is 32.4 Å². The molecular formula is C15H22N2O3. The summed E-state index contributed by atoms with van der Waals surface area (Å²) in [5, 5.41) is 0. The summed E-state index contributed by atoms with van der Waals surface area (Å²) in [5.74, 6) is -0.587. The van der Waals surface area contributed by atoms with Gasteiger partial charge < -0.3 is 15.4 Å². The van der Waals surface area contributed by atoms with Gasteiger partial charge in [0.2, 0.25) is 5.91 Å². The molecule has 0 bridgehead atoms. The molecule has 1 rings (SSSR count). The molecule has 0 radical (unpaired) electrons. The normalized spacial score (nSPS) is 11.2. The van der Waals surface area contributed by atoms with Gasteiger partial charge in [0.25, 0.3) is 5.91 Å². The Morgan fingerprint density at radius 1 is 1.25 bits per heavy atom. The Kier molecular flexibility index (Phi) is 5.70. The van der Waals surface area contributed by atoms with Gasteiger partial charge in [-0.25, -0.2) is 0 Å². The number of benzene rings is 1. The van der Waals surface area contributed by atoms with Crippen molar-refractivity contribution < 1.29 is 14.3 Å². The number of ether oxygens (including phenoxy) is 1. The number of carbonyl (C=O) groups excluding carboxylic acids is 2. The van der Waals surface area contributed by atoms with E-state index in [0.717, 1.165) is 5.56 Å². The number of amides is 2. The Morgan fingerprint density at radius 3 is 2.35 bits per heavy atom. The molecule has 0 unspecified atom stereocenters. The van der Waals surface area contributed by atoms with Crippen molar-refractivity contribution in [3.63, 3.8) is 0 Å². The number of methoxy groups -OCH3 is 1. The Balaban J connectivity index is 2.85. The zero-order valence-electron chi connectivity index (χ0n) is 12.3. The molecule has 0 aliphatic rings. The SMILES string of the molecule is COC(C)(C)C(=O)N(CCC(N)=O)Cc1ccccc1. The lowest BCUT2D eigenvalue weighted by atomic mass is 10.1. The summed E-state index contributed by atoms with van der Waals surface area (Å²) < 4.78 is 5.22. The highest BCUT2D eigenvalue weighted by atomic mass is 16.5. The van der Waals surface area contributed by atoms with Crippen LogP contribution in [-0.4, -0.2) is 36.0 Å². The lowest BCUT2D eigenvalue weighted by molar-refractivity contribution is -0.151. The first-order chi connectivity index (χ1) is 9.36. The molecule has 0 aromatic heterocycles. The van der Waals surface area contributed by atoms with Gasteiger partial charge in [-0.05, 0) is 19.4 Å². The number of rotatable bonds is 7. The van der Waals surface area contributed by atoms with E-state index in [0.29, 0.717) is 6.54 Å². The number of carbonyl (C=O) groups is 2. The Morgan fingerprint density at radius 2 is 1.85 bits per heavy atom. The fraction of sp³-hybridized carbons (Fsp3) is 0.467. The molecule has 5 nitrogen and oxygen atoms in total. The number of primary amides is 1. The van der Waals surface area contributed by atoms with Gasteiger partial charge in [0.05, 0.1) is 0 Å². The summed E-state index contributed by atoms with van der Waals surface area (Å²) in [7, 11) is 1.49. The Labute approximate surface area is 119 Å². The van der Waals surface area contributed by atoms with Gasteiger partial charge in [-0.1, -0.05) is 30.3 Å². The second-order valence-corrected chi connectivity index (χ2v) is 5.14. The molecule has 2 amide bonds. The summed E-state index contributed by atoms with van der Waals surface area (Å²) in [6, 6.07) is 9.61. The Hall–Kier alpha value is -1.88. The van der Waals surface area contributed by atoms with E-state index in [-0.39, 0.29) is 18.9 Å². The van der Waals surface area contributed by atoms with Gasteiger partial charge in [-0.15, -0.1) is 0 Å². The largest absolute Gasteiger partial charge is 0.370 e. The molecular weight excluding hydrogens is 256 g/mol. The van der Waals surface area contributed by atoms with Crippen LogP contribution in [0.2, 0.25) is 0 Å². The summed E-state index contributed by atoms with van der Waals surface area (Å²) in [4.78, 5) is 25.0. The highest BCUT2D eigenvalue weighted by Crippen LogP contribution is 2.15. The van der Waals surface area contributed by atoms with E-state index in [1.807, 2.05) is 30.3 Å². The fourth-order valence-corrected chi connectivity index (χ4v) is 1.77. The van der Waals surface area contributed by atoms with Crippen molar-refractivity contribution in [3.8, 4) is 0 Å². The van der Waals surface area contributed by atoms with Gasteiger partial charge in [0, 0.05) is 26.6 Å². The third kappa shape index (κ3) is 4.66. The van der Waals surface area contributed by atoms with Crippen molar-refractivity contribution in [1.29, 1.82) is 0 Å². The standard InChI is InChI=1S/C15H22N2O3/c1-15(2,20-3)14(19)17(10-9-13(16)18)11-12-7-5-4-6-8-12/h4-8H,9-11H2,1-3H3,(H2,16,18). The number of nitrogens with two attached hydrogens (primary N) is 1. The molecule has 1 aromatic carbocycles. The summed E-state index contributed by atoms with van der Waals surface area (Å²) in [6.45, 7) is 4.13. The molecule has 0 atom stereocenters. The third-order valence-corrected chi connectivity index (χ3v) is 3.16. The van der Waals surface area contributed by atoms with Crippen LogP contribution in [0.5, 0.6) is 0 Å². The lowest BCUT2D eigenvalue weighted by Gasteiger charge is -2.31. The van der Waals surface area contributed by atoms with Gasteiger partial charge in [-0.3, -0.25) is 9.59 Å². The molecule has 0 aliphatic carbocycles. The molecule has 2 N–H and O–H groups in total. The predicted octanol–water partition coefficient (Wildman–Crippen LogP) is 1.32. The van der Waals surface area contributed by atoms with Gasteiger partial charge in [0.15, 0.2) is 0 Å². The van der Waals surface area contributed by atoms with Crippen LogP contribution in [0.15, 0.2) is 30.3 Å². The molecule has 0 spiro atoms. The maximum absolute atomic E-state index is 12.5. The van der Waals surface area contributed by atoms with Crippen molar-refractivity contribution in [3.05, 3.63) is 35.9 Å². The fourth-order valence-electron chi connectivity index (χ4n) is 1.77. The topological polar surface area (TPSA) is 72.6 Å². The van der Waals surface area contributed by atoms with Gasteiger partial charge in [0.1, 0.15) is 5.60 Å². The van der Waals surface area contributed by atoms with Crippen LogP contribution in [0.1, 0.15) is 25.8 Å². The van der Waals surface area contributed by atoms with Crippen molar-refractivity contribution >= 4 is 11.8 Å². The summed E-state index contributed by atoms with van der Waals surface area (Å²) >= 11 is 0. The average Bonchev–Trinajstić information content (AvgIpc) is 2.43. The minimum atomic E-state index is -0.924. The average molecular weight is 278 g/mol. The number of hydrogen-bond acceptors (Lipinski definition) is 3. The minimum Gasteiger partial charge on any atom is -0.370 e. The zero-order chi connectivity index (χ0) is 15.2. The first kappa shape index (κ1) is 16.2. The smallest absolute Gasteiger partial charge is 0.254 e. The van der Waals surface area contributed by atoms with Gasteiger partial charge >= 0.3 is 0 Å². The quantitative estimate of drug-likeness (QED) is 0.817. The predicted molar refractivity (Wildman–Crippen MR) is 76.8 cm³/mol. The third-order valence-electron chi connectivity index (χ3n) is 3.16. The van der Waals surface area contributed by atoms with Crippen LogP contribution >= 0.6 is 0 Å². The van der Waals surface area contributed by atoms with E-state index in [2.05, 4.69) is 0 Å². The molecule has 1 aromatic rings. The molecule has 0 aliphatic heterocycles. The van der Waals surface area contributed by atoms with E-state index in [4.69, 9.17) is 10.5 Å². The lowest BCUT2D eigenvalue weighted by Crippen LogP contribution is -2.47. The minimum absolute atomic E-state index is 0.137. The highest BCUT2D eigenvalue weighted by molar-refractivity contribution is 5.85. The van der Waals surface area contributed by atoms with Crippen LogP contribution < -0.4 is 5.73 Å².